The van der Waals surface area contributed by atoms with Gasteiger partial charge in [0.2, 0.25) is 5.88 Å². The van der Waals surface area contributed by atoms with Gasteiger partial charge in [-0.1, -0.05) is 200 Å². The Kier molecular flexibility index (Phi) is 9.05. The van der Waals surface area contributed by atoms with Crippen molar-refractivity contribution in [2.45, 2.75) is 15.2 Å². The average molecular weight is 900 g/mol. The minimum atomic E-state index is -0.464. The second-order valence-electron chi connectivity index (χ2n) is 18.0. The van der Waals surface area contributed by atoms with Crippen molar-refractivity contribution in [3.63, 3.8) is 0 Å². The number of fused-ring (bicyclic) bond motifs is 11. The number of furan rings is 2. The third kappa shape index (κ3) is 6.23. The van der Waals surface area contributed by atoms with Gasteiger partial charge in [-0.2, -0.15) is 0 Å². The van der Waals surface area contributed by atoms with Crippen LogP contribution in [0, 0.1) is 0 Å². The molecule has 1 spiro atoms. The third-order valence-electron chi connectivity index (χ3n) is 14.2. The fourth-order valence-electron chi connectivity index (χ4n) is 11.1. The molecule has 69 heavy (non-hydrogen) atoms. The summed E-state index contributed by atoms with van der Waals surface area (Å²) in [4.78, 5) is 4.86. The Hall–Kier alpha value is -8.57. The molecular weight excluding hydrogens is 859 g/mol. The molecule has 14 rings (SSSR count). The van der Waals surface area contributed by atoms with Crippen LogP contribution in [-0.2, 0) is 5.41 Å². The van der Waals surface area contributed by atoms with Gasteiger partial charge in [-0.15, -0.1) is 0 Å². The number of para-hydroxylation sites is 1. The van der Waals surface area contributed by atoms with E-state index in [1.165, 1.54) is 54.3 Å². The fourth-order valence-corrected chi connectivity index (χ4v) is 12.3. The molecule has 324 valence electrons. The van der Waals surface area contributed by atoms with Crippen LogP contribution in [0.3, 0.4) is 0 Å². The highest BCUT2D eigenvalue weighted by Crippen LogP contribution is 2.62. The van der Waals surface area contributed by atoms with Crippen LogP contribution in [0.4, 0.5) is 17.3 Å². The molecule has 0 atom stereocenters. The first kappa shape index (κ1) is 39.6. The maximum Gasteiger partial charge on any atom is 0.205 e. The number of benzene rings is 10. The molecule has 0 saturated heterocycles. The molecule has 0 amide bonds. The summed E-state index contributed by atoms with van der Waals surface area (Å²) >= 11 is 1.87. The normalized spacial score (nSPS) is 13.0. The first-order chi connectivity index (χ1) is 34.2. The van der Waals surface area contributed by atoms with Gasteiger partial charge in [0.15, 0.2) is 0 Å². The van der Waals surface area contributed by atoms with Crippen molar-refractivity contribution in [3.05, 3.63) is 271 Å². The van der Waals surface area contributed by atoms with Crippen LogP contribution in [0.1, 0.15) is 22.3 Å². The largest absolute Gasteiger partial charge is 0.455 e. The molecule has 0 unspecified atom stereocenters. The smallest absolute Gasteiger partial charge is 0.205 e. The van der Waals surface area contributed by atoms with E-state index in [1.807, 2.05) is 30.0 Å². The first-order valence-electron chi connectivity index (χ1n) is 23.5. The molecule has 2 aliphatic rings. The van der Waals surface area contributed by atoms with Crippen molar-refractivity contribution in [3.8, 4) is 55.8 Å². The Morgan fingerprint density at radius 2 is 0.899 bits per heavy atom. The summed E-state index contributed by atoms with van der Waals surface area (Å²) in [7, 11) is 0. The Balaban J connectivity index is 0.934. The number of anilines is 3. The topological polar surface area (TPSA) is 29.5 Å². The molecule has 3 nitrogen and oxygen atoms in total. The summed E-state index contributed by atoms with van der Waals surface area (Å²) in [5, 5.41) is 2.12. The van der Waals surface area contributed by atoms with Crippen molar-refractivity contribution in [2.75, 3.05) is 4.90 Å². The summed E-state index contributed by atoms with van der Waals surface area (Å²) in [5.74, 6) is 1.60. The molecule has 0 saturated carbocycles. The van der Waals surface area contributed by atoms with Gasteiger partial charge in [0, 0.05) is 49.1 Å². The van der Waals surface area contributed by atoms with Crippen LogP contribution < -0.4 is 4.90 Å². The quantitative estimate of drug-likeness (QED) is 0.159. The second kappa shape index (κ2) is 15.8. The van der Waals surface area contributed by atoms with Crippen molar-refractivity contribution < 1.29 is 8.83 Å². The van der Waals surface area contributed by atoms with Gasteiger partial charge in [-0.25, -0.2) is 0 Å². The molecular formula is C65H41NO2S. The number of nitrogens with zero attached hydrogens (tertiary/aromatic N) is 1. The standard InChI is InChI=1S/C65H41NO2S/c1-3-15-42(16-4-1)43-27-29-44(30-28-43)47-33-38-58-48(39-47)40-62(67-58)66(49-34-31-45(32-35-49)63-52-20-8-12-24-59(52)68-64(63)46-17-5-2-6-18-46)50-36-37-55-53(41-50)51-19-7-9-21-54(51)65(55)56-22-10-13-25-60(56)69-61-26-14-11-23-57(61)65/h1-41H. The maximum atomic E-state index is 6.94. The number of hydrogen-bond donors (Lipinski definition) is 0. The Morgan fingerprint density at radius 3 is 1.64 bits per heavy atom. The third-order valence-corrected chi connectivity index (χ3v) is 15.3. The zero-order valence-corrected chi connectivity index (χ0v) is 38.2. The van der Waals surface area contributed by atoms with E-state index in [-0.39, 0.29) is 0 Å². The minimum Gasteiger partial charge on any atom is -0.455 e. The Bertz CT molecular complexity index is 3880. The summed E-state index contributed by atoms with van der Waals surface area (Å²) in [6.07, 6.45) is 0. The highest BCUT2D eigenvalue weighted by Gasteiger charge is 2.50. The van der Waals surface area contributed by atoms with E-state index in [9.17, 15) is 0 Å². The van der Waals surface area contributed by atoms with Crippen molar-refractivity contribution in [1.82, 2.24) is 0 Å². The summed E-state index contributed by atoms with van der Waals surface area (Å²) in [6, 6.07) is 89.6. The van der Waals surface area contributed by atoms with Crippen LogP contribution in [0.15, 0.2) is 267 Å². The lowest BCUT2D eigenvalue weighted by Gasteiger charge is -2.39. The van der Waals surface area contributed by atoms with Crippen LogP contribution in [0.25, 0.3) is 77.8 Å². The van der Waals surface area contributed by atoms with E-state index in [2.05, 4.69) is 235 Å². The summed E-state index contributed by atoms with van der Waals surface area (Å²) in [5.41, 5.74) is 18.8. The lowest BCUT2D eigenvalue weighted by atomic mass is 9.67. The van der Waals surface area contributed by atoms with Gasteiger partial charge in [0.25, 0.3) is 0 Å². The first-order valence-corrected chi connectivity index (χ1v) is 24.3. The zero-order chi connectivity index (χ0) is 45.5. The maximum absolute atomic E-state index is 6.94. The minimum absolute atomic E-state index is 0.464. The predicted octanol–water partition coefficient (Wildman–Crippen LogP) is 18.1. The molecule has 0 fully saturated rings. The van der Waals surface area contributed by atoms with E-state index in [0.717, 1.165) is 72.8 Å². The van der Waals surface area contributed by atoms with Gasteiger partial charge in [0.1, 0.15) is 16.9 Å². The highest BCUT2D eigenvalue weighted by molar-refractivity contribution is 7.99. The molecule has 12 aromatic rings. The monoisotopic (exact) mass is 899 g/mol. The van der Waals surface area contributed by atoms with Crippen molar-refractivity contribution in [2.24, 2.45) is 0 Å². The lowest BCUT2D eigenvalue weighted by Crippen LogP contribution is -2.31. The molecule has 10 aromatic carbocycles. The molecule has 0 radical (unpaired) electrons. The van der Waals surface area contributed by atoms with Gasteiger partial charge in [-0.3, -0.25) is 4.90 Å². The van der Waals surface area contributed by atoms with Crippen LogP contribution in [0.5, 0.6) is 0 Å². The van der Waals surface area contributed by atoms with E-state index >= 15 is 0 Å². The van der Waals surface area contributed by atoms with Crippen LogP contribution >= 0.6 is 11.8 Å². The average Bonchev–Trinajstić information content (AvgIpc) is 4.11. The van der Waals surface area contributed by atoms with E-state index in [4.69, 9.17) is 8.83 Å². The van der Waals surface area contributed by atoms with Gasteiger partial charge in [-0.05, 0) is 116 Å². The second-order valence-corrected chi connectivity index (χ2v) is 19.0. The Morgan fingerprint density at radius 1 is 0.348 bits per heavy atom. The summed E-state index contributed by atoms with van der Waals surface area (Å²) in [6.45, 7) is 0. The fraction of sp³-hybridized carbons (Fsp3) is 0.0154. The lowest BCUT2D eigenvalue weighted by molar-refractivity contribution is 0.621. The highest BCUT2D eigenvalue weighted by atomic mass is 32.2. The molecule has 0 N–H and O–H groups in total. The molecule has 2 aromatic heterocycles. The molecule has 4 heteroatoms. The van der Waals surface area contributed by atoms with Gasteiger partial charge >= 0.3 is 0 Å². The van der Waals surface area contributed by atoms with Crippen LogP contribution in [0.2, 0.25) is 0 Å². The van der Waals surface area contributed by atoms with Crippen LogP contribution in [-0.4, -0.2) is 0 Å². The van der Waals surface area contributed by atoms with Crippen molar-refractivity contribution >= 4 is 51.0 Å². The molecule has 1 aliphatic heterocycles. The van der Waals surface area contributed by atoms with Crippen molar-refractivity contribution in [1.29, 1.82) is 0 Å². The number of hydrogen-bond acceptors (Lipinski definition) is 4. The zero-order valence-electron chi connectivity index (χ0n) is 37.3. The number of rotatable bonds is 7. The SMILES string of the molecule is c1ccc(-c2ccc(-c3ccc4oc(N(c5ccc(-c6c(-c7ccccc7)oc7ccccc67)cc5)c5ccc6c(c5)-c5ccccc5C65c6ccccc6Sc6ccccc65)cc4c3)cc2)cc1. The van der Waals surface area contributed by atoms with Gasteiger partial charge in [0.05, 0.1) is 5.41 Å². The summed E-state index contributed by atoms with van der Waals surface area (Å²) < 4.78 is 13.5. The van der Waals surface area contributed by atoms with Gasteiger partial charge < -0.3 is 8.83 Å². The van der Waals surface area contributed by atoms with E-state index in [1.54, 1.807) is 0 Å². The Labute approximate surface area is 404 Å². The molecule has 1 aliphatic carbocycles. The predicted molar refractivity (Wildman–Crippen MR) is 284 cm³/mol. The van der Waals surface area contributed by atoms with E-state index < -0.39 is 5.41 Å². The van der Waals surface area contributed by atoms with E-state index in [0.29, 0.717) is 0 Å². The molecule has 0 bridgehead atoms. The molecule has 3 heterocycles.